The molecule has 1 aromatic carbocycles. The number of aliphatic imine (C=N–C) groups is 1. The molecule has 4 rings (SSSR count). The number of Topliss-reactive ketones (excluding diaryl/α,β-unsaturated/α-hetero) is 1. The summed E-state index contributed by atoms with van der Waals surface area (Å²) in [5.74, 6) is -1.27. The van der Waals surface area contributed by atoms with Crippen molar-refractivity contribution in [2.45, 2.75) is 25.4 Å². The molecule has 7 nitrogen and oxygen atoms in total. The van der Waals surface area contributed by atoms with Crippen LogP contribution in [0.3, 0.4) is 0 Å². The summed E-state index contributed by atoms with van der Waals surface area (Å²) in [6.07, 6.45) is 3.13. The molecule has 0 aliphatic carbocycles. The highest BCUT2D eigenvalue weighted by molar-refractivity contribution is 6.09. The largest absolute Gasteiger partial charge is 0.369 e. The van der Waals surface area contributed by atoms with E-state index in [0.717, 1.165) is 0 Å². The van der Waals surface area contributed by atoms with Crippen LogP contribution in [0.2, 0.25) is 0 Å². The van der Waals surface area contributed by atoms with Crippen molar-refractivity contribution >= 4 is 17.6 Å². The predicted octanol–water partition coefficient (Wildman–Crippen LogP) is 3.28. The number of alkyl halides is 1. The van der Waals surface area contributed by atoms with Crippen molar-refractivity contribution in [1.82, 2.24) is 14.5 Å². The second-order valence-electron chi connectivity index (χ2n) is 7.74. The zero-order valence-electron chi connectivity index (χ0n) is 18.3. The normalized spacial score (nSPS) is 18.0. The van der Waals surface area contributed by atoms with Gasteiger partial charge in [-0.25, -0.2) is 14.4 Å². The van der Waals surface area contributed by atoms with E-state index in [2.05, 4.69) is 9.98 Å². The molecule has 3 aromatic rings. The number of nitrogens with zero attached hydrogens (tertiary/aromatic N) is 4. The number of halogens is 2. The summed E-state index contributed by atoms with van der Waals surface area (Å²) in [5.41, 5.74) is 6.31. The molecule has 1 aliphatic rings. The summed E-state index contributed by atoms with van der Waals surface area (Å²) in [6.45, 7) is 0.989. The maximum Gasteiger partial charge on any atom is 0.266 e. The Kier molecular flexibility index (Phi) is 5.80. The van der Waals surface area contributed by atoms with Gasteiger partial charge in [-0.2, -0.15) is 4.39 Å². The molecular formula is C24H23F2N5O2. The van der Waals surface area contributed by atoms with Crippen LogP contribution < -0.4 is 5.73 Å². The number of aryl methyl sites for hydroxylation is 1. The van der Waals surface area contributed by atoms with Gasteiger partial charge in [0.05, 0.1) is 12.2 Å². The Balaban J connectivity index is 1.96. The molecule has 9 heteroatoms. The molecule has 0 radical (unpaired) electrons. The molecule has 1 amide bonds. The second-order valence-corrected chi connectivity index (χ2v) is 7.74. The van der Waals surface area contributed by atoms with Gasteiger partial charge >= 0.3 is 0 Å². The van der Waals surface area contributed by atoms with E-state index in [4.69, 9.17) is 5.73 Å². The fraction of sp³-hybridized carbons (Fsp3) is 0.250. The highest BCUT2D eigenvalue weighted by atomic mass is 19.1. The summed E-state index contributed by atoms with van der Waals surface area (Å²) in [5, 5.41) is 0. The second kappa shape index (κ2) is 8.57. The lowest BCUT2D eigenvalue weighted by molar-refractivity contribution is -0.129. The number of hydrogen-bond acceptors (Lipinski definition) is 5. The number of benzene rings is 1. The van der Waals surface area contributed by atoms with E-state index < -0.39 is 24.1 Å². The molecule has 0 fully saturated rings. The summed E-state index contributed by atoms with van der Waals surface area (Å²) < 4.78 is 29.1. The first kappa shape index (κ1) is 22.3. The molecule has 0 unspecified atom stereocenters. The lowest BCUT2D eigenvalue weighted by Crippen LogP contribution is -2.41. The Hall–Kier alpha value is -3.88. The predicted molar refractivity (Wildman–Crippen MR) is 120 cm³/mol. The number of guanidine groups is 1. The first-order valence-electron chi connectivity index (χ1n) is 10.5. The van der Waals surface area contributed by atoms with E-state index in [0.29, 0.717) is 16.7 Å². The van der Waals surface area contributed by atoms with Crippen LogP contribution in [0, 0.1) is 5.95 Å². The van der Waals surface area contributed by atoms with E-state index in [9.17, 15) is 18.4 Å². The zero-order chi connectivity index (χ0) is 23.8. The highest BCUT2D eigenvalue weighted by Crippen LogP contribution is 2.41. The topological polar surface area (TPSA) is 93.6 Å². The number of amides is 1. The van der Waals surface area contributed by atoms with Crippen LogP contribution >= 0.6 is 0 Å². The minimum absolute atomic E-state index is 0.000397. The molecule has 33 heavy (non-hydrogen) atoms. The monoisotopic (exact) mass is 451 g/mol. The Morgan fingerprint density at radius 3 is 2.61 bits per heavy atom. The summed E-state index contributed by atoms with van der Waals surface area (Å²) >= 11 is 0. The summed E-state index contributed by atoms with van der Waals surface area (Å²) in [4.78, 5) is 35.5. The van der Waals surface area contributed by atoms with Crippen LogP contribution in [0.25, 0.3) is 11.1 Å². The fourth-order valence-electron chi connectivity index (χ4n) is 4.10. The Morgan fingerprint density at radius 2 is 1.97 bits per heavy atom. The van der Waals surface area contributed by atoms with Crippen molar-refractivity contribution in [3.8, 4) is 11.1 Å². The maximum absolute atomic E-state index is 14.4. The molecule has 3 heterocycles. The van der Waals surface area contributed by atoms with Crippen LogP contribution in [-0.4, -0.2) is 45.8 Å². The first-order chi connectivity index (χ1) is 15.8. The third kappa shape index (κ3) is 3.59. The van der Waals surface area contributed by atoms with E-state index in [1.165, 1.54) is 22.7 Å². The third-order valence-electron chi connectivity index (χ3n) is 5.84. The maximum atomic E-state index is 14.4. The van der Waals surface area contributed by atoms with Gasteiger partial charge < -0.3 is 10.3 Å². The molecule has 170 valence electrons. The number of aromatic nitrogens is 2. The summed E-state index contributed by atoms with van der Waals surface area (Å²) in [7, 11) is 1.50. The SMILES string of the molecule is CCC(=O)c1cc([C@]2(c3cccc(-c4cccnc4F)c3)N=C(N)N(C)C2=O)cn1CCF. The van der Waals surface area contributed by atoms with E-state index >= 15 is 0 Å². The molecule has 0 bridgehead atoms. The van der Waals surface area contributed by atoms with Crippen molar-refractivity contribution in [3.63, 3.8) is 0 Å². The van der Waals surface area contributed by atoms with Crippen molar-refractivity contribution in [2.24, 2.45) is 10.7 Å². The number of carbonyl (C=O) groups excluding carboxylic acids is 2. The molecule has 1 atom stereocenters. The van der Waals surface area contributed by atoms with Gasteiger partial charge in [-0.1, -0.05) is 25.1 Å². The molecule has 0 saturated heterocycles. The zero-order valence-corrected chi connectivity index (χ0v) is 18.3. The molecule has 0 spiro atoms. The van der Waals surface area contributed by atoms with Crippen molar-refractivity contribution in [3.05, 3.63) is 77.6 Å². The van der Waals surface area contributed by atoms with Gasteiger partial charge in [0.2, 0.25) is 5.95 Å². The van der Waals surface area contributed by atoms with Gasteiger partial charge in [0, 0.05) is 37.0 Å². The molecule has 0 saturated carbocycles. The van der Waals surface area contributed by atoms with Crippen molar-refractivity contribution in [1.29, 1.82) is 0 Å². The number of likely N-dealkylation sites (N-methyl/N-ethyl adjacent to an activating group) is 1. The number of carbonyl (C=O) groups is 2. The van der Waals surface area contributed by atoms with E-state index in [1.54, 1.807) is 55.6 Å². The minimum atomic E-state index is -1.60. The number of hydrogen-bond donors (Lipinski definition) is 1. The molecular weight excluding hydrogens is 428 g/mol. The lowest BCUT2D eigenvalue weighted by Gasteiger charge is -2.25. The number of pyridine rings is 1. The van der Waals surface area contributed by atoms with Crippen LogP contribution in [-0.2, 0) is 16.9 Å². The van der Waals surface area contributed by atoms with Gasteiger partial charge in [0.15, 0.2) is 17.3 Å². The average molecular weight is 451 g/mol. The van der Waals surface area contributed by atoms with Crippen molar-refractivity contribution in [2.75, 3.05) is 13.7 Å². The van der Waals surface area contributed by atoms with Gasteiger partial charge in [0.25, 0.3) is 5.91 Å². The van der Waals surface area contributed by atoms with Crippen molar-refractivity contribution < 1.29 is 18.4 Å². The number of rotatable bonds is 7. The van der Waals surface area contributed by atoms with Crippen LogP contribution in [0.15, 0.2) is 59.9 Å². The molecule has 2 N–H and O–H groups in total. The van der Waals surface area contributed by atoms with Crippen LogP contribution in [0.5, 0.6) is 0 Å². The summed E-state index contributed by atoms with van der Waals surface area (Å²) in [6, 6.07) is 11.5. The van der Waals surface area contributed by atoms with Gasteiger partial charge in [-0.3, -0.25) is 14.5 Å². The standard InChI is InChI=1S/C24H23F2N5O2/c1-3-20(32)19-13-17(14-31(19)11-9-25)24(22(33)30(2)23(27)29-24)16-7-4-6-15(12-16)18-8-5-10-28-21(18)26/h4-8,10,12-14H,3,9,11H2,1-2H3,(H2,27,29)/t24-/m0/s1. The van der Waals surface area contributed by atoms with Gasteiger partial charge in [0.1, 0.15) is 6.67 Å². The highest BCUT2D eigenvalue weighted by Gasteiger charge is 2.50. The van der Waals surface area contributed by atoms with Gasteiger partial charge in [-0.05, 0) is 35.4 Å². The minimum Gasteiger partial charge on any atom is -0.369 e. The average Bonchev–Trinajstić information content (AvgIpc) is 3.34. The smallest absolute Gasteiger partial charge is 0.266 e. The van der Waals surface area contributed by atoms with Crippen LogP contribution in [0.4, 0.5) is 8.78 Å². The Morgan fingerprint density at radius 1 is 1.18 bits per heavy atom. The first-order valence-corrected chi connectivity index (χ1v) is 10.5. The molecule has 1 aliphatic heterocycles. The van der Waals surface area contributed by atoms with E-state index in [1.807, 2.05) is 0 Å². The number of nitrogens with two attached hydrogens (primary N) is 1. The van der Waals surface area contributed by atoms with Gasteiger partial charge in [-0.15, -0.1) is 0 Å². The fourth-order valence-corrected chi connectivity index (χ4v) is 4.10. The lowest BCUT2D eigenvalue weighted by atomic mass is 9.83. The quantitative estimate of drug-likeness (QED) is 0.441. The van der Waals surface area contributed by atoms with E-state index in [-0.39, 0.29) is 36.0 Å². The Bertz CT molecular complexity index is 1270. The number of ketones is 1. The third-order valence-corrected chi connectivity index (χ3v) is 5.84. The Labute approximate surface area is 189 Å². The molecule has 2 aromatic heterocycles. The van der Waals surface area contributed by atoms with Crippen LogP contribution in [0.1, 0.15) is 35.0 Å².